The normalized spacial score (nSPS) is 14.5. The van der Waals surface area contributed by atoms with Crippen molar-refractivity contribution in [1.29, 1.82) is 0 Å². The monoisotopic (exact) mass is 458 g/mol. The first kappa shape index (κ1) is 22.3. The maximum absolute atomic E-state index is 12.7. The number of nitrogens with zero attached hydrogens (tertiary/aromatic N) is 1. The lowest BCUT2D eigenvalue weighted by Gasteiger charge is -2.15. The van der Waals surface area contributed by atoms with Crippen LogP contribution in [0.1, 0.15) is 15.9 Å². The lowest BCUT2D eigenvalue weighted by atomic mass is 10.2. The van der Waals surface area contributed by atoms with Gasteiger partial charge < -0.3 is 14.2 Å². The number of benzene rings is 2. The lowest BCUT2D eigenvalue weighted by molar-refractivity contribution is -0.142. The van der Waals surface area contributed by atoms with E-state index in [9.17, 15) is 14.4 Å². The smallest absolute Gasteiger partial charge is 0.343 e. The third-order valence-corrected chi connectivity index (χ3v) is 5.42. The predicted octanol–water partition coefficient (Wildman–Crippen LogP) is 2.79. The minimum atomic E-state index is -0.482. The number of thioether (sulfide) groups is 1. The van der Waals surface area contributed by atoms with Crippen LogP contribution in [0.3, 0.4) is 0 Å². The number of carbonyl (C=O) groups is 3. The van der Waals surface area contributed by atoms with Crippen molar-refractivity contribution in [2.24, 2.45) is 0 Å². The molecule has 0 atom stereocenters. The second-order valence-corrected chi connectivity index (χ2v) is 7.80. The van der Waals surface area contributed by atoms with Crippen LogP contribution in [0, 0.1) is 0 Å². The van der Waals surface area contributed by atoms with E-state index in [0.717, 1.165) is 22.3 Å². The molecule has 0 bridgehead atoms. The summed E-state index contributed by atoms with van der Waals surface area (Å²) in [5.41, 5.74) is 3.62. The number of nitrogens with one attached hydrogen (secondary N) is 1. The van der Waals surface area contributed by atoms with Crippen LogP contribution in [-0.2, 0) is 14.3 Å². The fourth-order valence-electron chi connectivity index (χ4n) is 2.49. The molecule has 0 spiro atoms. The number of amides is 2. The van der Waals surface area contributed by atoms with Crippen LogP contribution in [0.5, 0.6) is 11.5 Å². The van der Waals surface area contributed by atoms with Crippen molar-refractivity contribution in [3.63, 3.8) is 0 Å². The van der Waals surface area contributed by atoms with Gasteiger partial charge in [0.2, 0.25) is 0 Å². The number of carbonyl (C=O) groups excluding carboxylic acids is 3. The Morgan fingerprint density at radius 3 is 2.32 bits per heavy atom. The maximum atomic E-state index is 12.7. The number of hydrazine groups is 1. The van der Waals surface area contributed by atoms with E-state index in [-0.39, 0.29) is 10.9 Å². The Morgan fingerprint density at radius 2 is 1.71 bits per heavy atom. The molecule has 0 aliphatic carbocycles. The number of rotatable bonds is 7. The van der Waals surface area contributed by atoms with Gasteiger partial charge in [-0.2, -0.15) is 5.01 Å². The van der Waals surface area contributed by atoms with Gasteiger partial charge in [-0.05, 0) is 60.3 Å². The van der Waals surface area contributed by atoms with Gasteiger partial charge in [0.05, 0.1) is 19.1 Å². The van der Waals surface area contributed by atoms with Crippen LogP contribution in [0.4, 0.5) is 0 Å². The van der Waals surface area contributed by atoms with Gasteiger partial charge in [-0.3, -0.25) is 15.0 Å². The Hall–Kier alpha value is -3.37. The highest BCUT2D eigenvalue weighted by Crippen LogP contribution is 2.31. The predicted molar refractivity (Wildman–Crippen MR) is 119 cm³/mol. The minimum absolute atomic E-state index is 0.192. The summed E-state index contributed by atoms with van der Waals surface area (Å²) in [6.07, 6.45) is 1.66. The molecular formula is C21H18N2O6S2. The van der Waals surface area contributed by atoms with Gasteiger partial charge in [-0.1, -0.05) is 23.9 Å². The summed E-state index contributed by atoms with van der Waals surface area (Å²) in [6.45, 7) is -0.192. The number of hydrogen-bond acceptors (Lipinski definition) is 8. The highest BCUT2D eigenvalue weighted by atomic mass is 32.2. The molecule has 1 aliphatic rings. The van der Waals surface area contributed by atoms with Crippen molar-refractivity contribution >= 4 is 52.2 Å². The quantitative estimate of drug-likeness (QED) is 0.385. The molecule has 1 fully saturated rings. The minimum Gasteiger partial charge on any atom is -0.497 e. The molecule has 10 heteroatoms. The van der Waals surface area contributed by atoms with E-state index in [1.54, 1.807) is 54.6 Å². The lowest BCUT2D eigenvalue weighted by Crippen LogP contribution is -2.44. The van der Waals surface area contributed by atoms with Crippen molar-refractivity contribution in [2.45, 2.75) is 0 Å². The molecular weight excluding hydrogens is 440 g/mol. The first-order valence-corrected chi connectivity index (χ1v) is 10.2. The molecule has 160 valence electrons. The Balaban J connectivity index is 1.65. The van der Waals surface area contributed by atoms with E-state index >= 15 is 0 Å². The van der Waals surface area contributed by atoms with Gasteiger partial charge in [-0.25, -0.2) is 4.79 Å². The van der Waals surface area contributed by atoms with E-state index in [4.69, 9.17) is 21.7 Å². The Bertz CT molecular complexity index is 1030. The van der Waals surface area contributed by atoms with Crippen LogP contribution in [0.25, 0.3) is 6.08 Å². The van der Waals surface area contributed by atoms with Gasteiger partial charge in [-0.15, -0.1) is 0 Å². The third-order valence-electron chi connectivity index (χ3n) is 4.12. The average molecular weight is 459 g/mol. The van der Waals surface area contributed by atoms with Gasteiger partial charge in [0.25, 0.3) is 11.8 Å². The van der Waals surface area contributed by atoms with E-state index in [1.165, 1.54) is 14.2 Å². The van der Waals surface area contributed by atoms with Crippen molar-refractivity contribution in [1.82, 2.24) is 10.4 Å². The molecule has 1 aliphatic heterocycles. The molecule has 3 rings (SSSR count). The zero-order chi connectivity index (χ0) is 22.4. The van der Waals surface area contributed by atoms with Crippen LogP contribution >= 0.6 is 24.0 Å². The van der Waals surface area contributed by atoms with Crippen molar-refractivity contribution in [3.05, 3.63) is 64.6 Å². The first-order chi connectivity index (χ1) is 14.9. The summed E-state index contributed by atoms with van der Waals surface area (Å²) in [5, 5.41) is 1.05. The second-order valence-electron chi connectivity index (χ2n) is 6.12. The zero-order valence-corrected chi connectivity index (χ0v) is 18.2. The van der Waals surface area contributed by atoms with Crippen LogP contribution in [0.2, 0.25) is 0 Å². The summed E-state index contributed by atoms with van der Waals surface area (Å²) >= 11 is 6.32. The van der Waals surface area contributed by atoms with Gasteiger partial charge >= 0.3 is 5.97 Å². The van der Waals surface area contributed by atoms with Gasteiger partial charge in [0.15, 0.2) is 10.9 Å². The summed E-state index contributed by atoms with van der Waals surface area (Å²) in [6, 6.07) is 13.3. The van der Waals surface area contributed by atoms with E-state index in [2.05, 4.69) is 10.2 Å². The topological polar surface area (TPSA) is 94.2 Å². The summed E-state index contributed by atoms with van der Waals surface area (Å²) in [5.74, 6) is -0.270. The third kappa shape index (κ3) is 5.62. The van der Waals surface area contributed by atoms with E-state index in [1.807, 2.05) is 0 Å². The maximum Gasteiger partial charge on any atom is 0.343 e. The number of ether oxygens (including phenoxy) is 3. The number of hydrogen-bond donors (Lipinski definition) is 1. The molecule has 8 nitrogen and oxygen atoms in total. The zero-order valence-electron chi connectivity index (χ0n) is 16.6. The number of thiocarbonyl (C=S) groups is 1. The largest absolute Gasteiger partial charge is 0.497 e. The van der Waals surface area contributed by atoms with Crippen LogP contribution in [-0.4, -0.2) is 47.9 Å². The van der Waals surface area contributed by atoms with Crippen molar-refractivity contribution < 1.29 is 28.6 Å². The fourth-order valence-corrected chi connectivity index (χ4v) is 3.66. The average Bonchev–Trinajstić information content (AvgIpc) is 3.05. The molecule has 1 N–H and O–H groups in total. The molecule has 2 aromatic rings. The van der Waals surface area contributed by atoms with Crippen LogP contribution in [0.15, 0.2) is 53.4 Å². The van der Waals surface area contributed by atoms with Crippen molar-refractivity contribution in [2.75, 3.05) is 20.8 Å². The SMILES string of the molecule is COC(=O)COc1ccc(/C=C2\SC(=S)N(NC(=O)c3ccc(OC)cc3)C2=O)cc1. The Labute approximate surface area is 188 Å². The van der Waals surface area contributed by atoms with E-state index < -0.39 is 17.8 Å². The molecule has 0 aromatic heterocycles. The van der Waals surface area contributed by atoms with Crippen LogP contribution < -0.4 is 14.9 Å². The summed E-state index contributed by atoms with van der Waals surface area (Å²) < 4.78 is 15.1. The molecule has 2 aromatic carbocycles. The Kier molecular flexibility index (Phi) is 7.27. The summed E-state index contributed by atoms with van der Waals surface area (Å²) in [7, 11) is 2.81. The van der Waals surface area contributed by atoms with Gasteiger partial charge in [0, 0.05) is 5.56 Å². The first-order valence-electron chi connectivity index (χ1n) is 8.94. The molecule has 1 heterocycles. The standard InChI is InChI=1S/C21H18N2O6S2/c1-27-15-9-5-14(6-10-15)19(25)22-23-20(26)17(31-21(23)30)11-13-3-7-16(8-4-13)29-12-18(24)28-2/h3-11H,12H2,1-2H3,(H,22,25)/b17-11-. The molecule has 0 saturated carbocycles. The molecule has 31 heavy (non-hydrogen) atoms. The van der Waals surface area contributed by atoms with Gasteiger partial charge in [0.1, 0.15) is 11.5 Å². The molecule has 2 amide bonds. The Morgan fingerprint density at radius 1 is 1.06 bits per heavy atom. The fraction of sp³-hybridized carbons (Fsp3) is 0.143. The molecule has 1 saturated heterocycles. The number of esters is 1. The highest BCUT2D eigenvalue weighted by molar-refractivity contribution is 8.26. The highest BCUT2D eigenvalue weighted by Gasteiger charge is 2.33. The molecule has 0 radical (unpaired) electrons. The number of methoxy groups -OCH3 is 2. The second kappa shape index (κ2) is 10.1. The molecule has 0 unspecified atom stereocenters. The van der Waals surface area contributed by atoms with Crippen molar-refractivity contribution in [3.8, 4) is 11.5 Å². The van der Waals surface area contributed by atoms with E-state index in [0.29, 0.717) is 22.0 Å². The summed E-state index contributed by atoms with van der Waals surface area (Å²) in [4.78, 5) is 36.6.